The van der Waals surface area contributed by atoms with E-state index in [0.717, 1.165) is 71.4 Å². The van der Waals surface area contributed by atoms with Gasteiger partial charge in [0.2, 0.25) is 23.5 Å². The molecule has 6 aromatic carbocycles. The lowest BCUT2D eigenvalue weighted by molar-refractivity contribution is 0.0796. The Balaban J connectivity index is 0.000000122. The van der Waals surface area contributed by atoms with E-state index in [0.29, 0.717) is 110 Å². The van der Waals surface area contributed by atoms with Crippen molar-refractivity contribution in [3.8, 4) is 74.3 Å². The Morgan fingerprint density at radius 1 is 0.430 bits per heavy atom. The molecule has 0 aliphatic heterocycles. The molecule has 0 radical (unpaired) electrons. The summed E-state index contributed by atoms with van der Waals surface area (Å²) in [5.74, 6) is 0.0168. The first-order valence-corrected chi connectivity index (χ1v) is 42.9. The van der Waals surface area contributed by atoms with E-state index in [1.54, 1.807) is 81.3 Å². The molecule has 2 unspecified atom stereocenters. The highest BCUT2D eigenvalue weighted by atomic mass is 32.1. The zero-order valence-electron chi connectivity index (χ0n) is 74.7. The van der Waals surface area contributed by atoms with Crippen LogP contribution >= 0.6 is 11.3 Å². The van der Waals surface area contributed by atoms with Gasteiger partial charge in [0, 0.05) is 99.0 Å². The van der Waals surface area contributed by atoms with E-state index in [2.05, 4.69) is 65.6 Å². The second-order valence-electron chi connectivity index (χ2n) is 31.3. The number of hydrogen-bond acceptors (Lipinski definition) is 24. The van der Waals surface area contributed by atoms with Crippen LogP contribution in [0.3, 0.4) is 0 Å². The lowest BCUT2D eigenvalue weighted by Crippen LogP contribution is -2.26. The van der Waals surface area contributed by atoms with Crippen LogP contribution in [-0.2, 0) is 25.9 Å². The van der Waals surface area contributed by atoms with Gasteiger partial charge in [-0.3, -0.25) is 33.2 Å². The molecule has 135 heavy (non-hydrogen) atoms. The summed E-state index contributed by atoms with van der Waals surface area (Å²) >= 11 is 1.42. The van der Waals surface area contributed by atoms with E-state index in [4.69, 9.17) is 32.5 Å². The predicted octanol–water partition coefficient (Wildman–Crippen LogP) is 16.3. The van der Waals surface area contributed by atoms with Gasteiger partial charge in [0.25, 0.3) is 47.9 Å². The molecule has 40 heteroatoms. The van der Waals surface area contributed by atoms with Gasteiger partial charge in [0.05, 0.1) is 101 Å². The van der Waals surface area contributed by atoms with Crippen LogP contribution in [0.4, 0.5) is 35.1 Å². The van der Waals surface area contributed by atoms with Crippen LogP contribution in [0.1, 0.15) is 53.8 Å². The first-order valence-electron chi connectivity index (χ1n) is 43.5. The largest absolute Gasteiger partial charge is 0.497 e. The van der Waals surface area contributed by atoms with Crippen molar-refractivity contribution in [2.75, 3.05) is 40.6 Å². The number of aromatic nitrogens is 20. The van der Waals surface area contributed by atoms with Crippen LogP contribution in [0.25, 0.3) is 154 Å². The molecular weight excluding hydrogens is 1780 g/mol. The lowest BCUT2D eigenvalue weighted by atomic mass is 9.92. The van der Waals surface area contributed by atoms with Gasteiger partial charge in [-0.25, -0.2) is 60.0 Å². The third-order valence-electron chi connectivity index (χ3n) is 22.2. The summed E-state index contributed by atoms with van der Waals surface area (Å²) in [5, 5.41) is 44.6. The lowest BCUT2D eigenvalue weighted by Gasteiger charge is -2.21. The second-order valence-corrected chi connectivity index (χ2v) is 32.2. The van der Waals surface area contributed by atoms with Gasteiger partial charge in [-0.15, -0.1) is 11.3 Å². The number of aryl methyl sites for hydroxylation is 3. The summed E-state index contributed by atoms with van der Waals surface area (Å²) in [7, 11) is 4.52. The first-order chi connectivity index (χ1) is 66.4. The first kappa shape index (κ1) is 85.9. The average Bonchev–Trinajstić information content (AvgIpc) is 1.63. The minimum Gasteiger partial charge on any atom is -0.497 e. The number of pyridine rings is 4. The Hall–Kier alpha value is -15.8. The number of halogens is 8. The van der Waals surface area contributed by atoms with Gasteiger partial charge in [-0.05, 0) is 194 Å². The number of aromatic amines is 1. The van der Waals surface area contributed by atoms with Gasteiger partial charge >= 0.3 is 0 Å². The average molecular weight is 1860 g/mol. The van der Waals surface area contributed by atoms with Crippen LogP contribution in [0.5, 0.6) is 29.3 Å². The number of alkyl halides is 8. The van der Waals surface area contributed by atoms with E-state index in [1.807, 2.05) is 119 Å². The maximum atomic E-state index is 13.8. The Morgan fingerprint density at radius 2 is 0.815 bits per heavy atom. The number of methoxy groups -OCH3 is 2. The molecule has 0 saturated carbocycles. The smallest absolute Gasteiger partial charge is 0.281 e. The molecule has 0 amide bonds. The van der Waals surface area contributed by atoms with Crippen molar-refractivity contribution < 1.29 is 72.8 Å². The van der Waals surface area contributed by atoms with Crippen molar-refractivity contribution in [2.45, 2.75) is 76.4 Å². The molecule has 2 atom stereocenters. The summed E-state index contributed by atoms with van der Waals surface area (Å²) in [5.41, 5.74) is 12.8. The van der Waals surface area contributed by atoms with E-state index in [9.17, 15) is 59.4 Å². The number of aliphatic hydroxyl groups is 1. The third kappa shape index (κ3) is 19.3. The van der Waals surface area contributed by atoms with E-state index in [1.165, 1.54) is 84.7 Å². The molecular formula is C95H78F8N20O11S. The van der Waals surface area contributed by atoms with Crippen LogP contribution in [0.15, 0.2) is 231 Å². The molecule has 21 rings (SSSR count). The minimum absolute atomic E-state index is 0.00231. The number of ether oxygens (including phenoxy) is 6. The van der Waals surface area contributed by atoms with Crippen LogP contribution in [0, 0.1) is 0 Å². The van der Waals surface area contributed by atoms with E-state index in [-0.39, 0.29) is 68.6 Å². The fourth-order valence-electron chi connectivity index (χ4n) is 15.9. The molecule has 13 heterocycles. The number of H-pyrrole nitrogens is 1. The van der Waals surface area contributed by atoms with Crippen molar-refractivity contribution in [3.05, 3.63) is 265 Å². The minimum atomic E-state index is -2.69. The van der Waals surface area contributed by atoms with Gasteiger partial charge in [-0.1, -0.05) is 30.4 Å². The third-order valence-corrected chi connectivity index (χ3v) is 22.9. The molecule has 0 bridgehead atoms. The number of rotatable bonds is 22. The molecule has 2 aliphatic carbocycles. The summed E-state index contributed by atoms with van der Waals surface area (Å²) in [6, 6.07) is 47.2. The summed E-state index contributed by atoms with van der Waals surface area (Å²) in [6.45, 7) is -3.22. The number of hydrogen-bond donors (Lipinski definition) is 2. The molecule has 0 saturated heterocycles. The van der Waals surface area contributed by atoms with E-state index >= 15 is 0 Å². The number of allylic oxidation sites excluding steroid dienone is 2. The van der Waals surface area contributed by atoms with Crippen molar-refractivity contribution in [3.63, 3.8) is 0 Å². The Labute approximate surface area is 765 Å². The Kier molecular flexibility index (Phi) is 24.5. The molecule has 2 aliphatic rings. The molecule has 2 N–H and O–H groups in total. The number of thiazole rings is 1. The van der Waals surface area contributed by atoms with Crippen molar-refractivity contribution >= 4 is 120 Å². The zero-order valence-corrected chi connectivity index (χ0v) is 72.5. The van der Waals surface area contributed by atoms with E-state index < -0.39 is 76.4 Å². The summed E-state index contributed by atoms with van der Waals surface area (Å²) < 4.78 is 165. The molecule has 686 valence electrons. The number of nitrogens with zero attached hydrogens (tertiary/aromatic N) is 19. The zero-order chi connectivity index (χ0) is 96.5. The van der Waals surface area contributed by atoms with Crippen LogP contribution in [0.2, 0.25) is 0 Å². The topological polar surface area (TPSA) is 349 Å². The highest BCUT2D eigenvalue weighted by molar-refractivity contribution is 7.16. The summed E-state index contributed by atoms with van der Waals surface area (Å²) in [4.78, 5) is 79.8. The number of nitrogens with one attached hydrogen (secondary N) is 1. The van der Waals surface area contributed by atoms with Crippen LogP contribution < -0.4 is 45.9 Å². The van der Waals surface area contributed by atoms with Gasteiger partial charge in [-0.2, -0.15) is 54.4 Å². The fraction of sp³-hybridized carbons (Fsp3) is 0.221. The highest BCUT2D eigenvalue weighted by Crippen LogP contribution is 2.37. The molecule has 19 aromatic rings. The summed E-state index contributed by atoms with van der Waals surface area (Å²) in [6.07, 6.45) is 3.69. The van der Waals surface area contributed by atoms with Gasteiger partial charge in [0.15, 0.2) is 26.4 Å². The van der Waals surface area contributed by atoms with Crippen molar-refractivity contribution in [2.24, 2.45) is 21.1 Å². The van der Waals surface area contributed by atoms with Gasteiger partial charge in [0.1, 0.15) is 49.9 Å². The molecule has 31 nitrogen and oxygen atoms in total. The SMILES string of the molecule is COC1CC=C(c2c(=O)n(-c3ccc4nn(C)cc4c3)nc3ccc(OCC(F)F)nc23)CC1.Cn1cc2cc(-n3nc4ccc(OCC(F)F)nc4c(-c4ccc5[nH]ccc5c4)c3=O)ccc2n1.Cn1cc2cc(-n3nc4ccc(OCC(F)F)nc4c(C4=CCC(O)CC4)c3=O)ccc2n1.[2H]C([2H])([2H])Oc1ccc(-c2c(=O)n(-c3ccc4ncsc4c3)nc3ccc(OCC(F)F)nc23)cc1. The van der Waals surface area contributed by atoms with Crippen LogP contribution in [-0.4, -0.2) is 182 Å². The maximum absolute atomic E-state index is 13.8. The normalized spacial score (nSPS) is 14.4. The Morgan fingerprint density at radius 3 is 1.21 bits per heavy atom. The number of aliphatic hydroxyl groups excluding tert-OH is 1. The predicted molar refractivity (Wildman–Crippen MR) is 492 cm³/mol. The van der Waals surface area contributed by atoms with Crippen molar-refractivity contribution in [1.29, 1.82) is 0 Å². The molecule has 0 fully saturated rings. The maximum Gasteiger partial charge on any atom is 0.281 e. The second kappa shape index (κ2) is 38.5. The Bertz CT molecular complexity index is 8210. The molecule has 13 aromatic heterocycles. The number of benzene rings is 6. The fourth-order valence-corrected chi connectivity index (χ4v) is 16.6. The van der Waals surface area contributed by atoms with Gasteiger partial charge < -0.3 is 38.5 Å². The quantitative estimate of drug-likeness (QED) is 0.0595. The number of fused-ring (bicyclic) bond motifs is 9. The standard InChI is InChI=1S/C25H18F2N6O2.C24H23F2N5O3.C23H21F2N5O3.C23H16F2N4O3S/c1-32-12-16-11-17(3-5-19(16)30-32)33-25(34)23(15-2-4-18-14(10-15)8-9-28-18)24-20(31-33)6-7-22(29-24)35-13-21(26)27;1-30-12-15-11-16(5-8-18(15)28-30)31-24(32)22(14-3-6-17(33-2)7-4-14)23-19(29-31)9-10-21(27-23)34-13-20(25)26;1-29-11-14-10-15(4-7-17(14)27-29)30-23(32)21(13-2-5-16(31)6-3-13)22-18(28-30)8-9-20(26-22)33-12-19(24)25;1-31-15-5-2-13(3-6-15)21-22-17(8-9-20(27-22)32-11-19(24)25)28-29(23(21)30)14-4-7-16-18(10-14)33-12-26-16/h2-12,21,28H,13H2,1H3;3,5,8-12,17,20H,4,6-7,13H2,1-2H3;2,4,7-11,16,19,31H,3,5-6,12H2,1H3;2-10,12,19H,11H2,1H3/i;;;1D3. The van der Waals surface area contributed by atoms with Crippen molar-refractivity contribution in [1.82, 2.24) is 98.4 Å². The molecule has 0 spiro atoms. The monoisotopic (exact) mass is 1860 g/mol. The highest BCUT2D eigenvalue weighted by Gasteiger charge is 2.28.